The van der Waals surface area contributed by atoms with Crippen LogP contribution in [0.1, 0.15) is 32.1 Å². The predicted molar refractivity (Wildman–Crippen MR) is 72.2 cm³/mol. The molecule has 9 nitrogen and oxygen atoms in total. The lowest BCUT2D eigenvalue weighted by Crippen LogP contribution is -2.47. The van der Waals surface area contributed by atoms with E-state index in [0.717, 1.165) is 12.8 Å². The molecule has 118 valence electrons. The van der Waals surface area contributed by atoms with Gasteiger partial charge in [-0.2, -0.15) is 0 Å². The van der Waals surface area contributed by atoms with Crippen LogP contribution in [0.3, 0.4) is 0 Å². The minimum Gasteiger partial charge on any atom is -0.480 e. The highest BCUT2D eigenvalue weighted by atomic mass is 16.4. The topological polar surface area (TPSA) is 151 Å². The van der Waals surface area contributed by atoms with Crippen molar-refractivity contribution in [1.29, 1.82) is 0 Å². The first-order valence-electron chi connectivity index (χ1n) is 6.73. The number of hydrogen-bond donors (Lipinski definition) is 5. The Bertz CT molecular complexity index is 422. The minimum atomic E-state index is -1.25. The lowest BCUT2D eigenvalue weighted by atomic mass is 10.1. The SMILES string of the molecule is NC(=O)CCC(NC(=O)NCCC(=O)NC1CC1)C(=O)O. The fourth-order valence-corrected chi connectivity index (χ4v) is 1.57. The second-order valence-electron chi connectivity index (χ2n) is 4.89. The van der Waals surface area contributed by atoms with Gasteiger partial charge < -0.3 is 26.8 Å². The lowest BCUT2D eigenvalue weighted by molar-refractivity contribution is -0.139. The summed E-state index contributed by atoms with van der Waals surface area (Å²) in [7, 11) is 0. The van der Waals surface area contributed by atoms with E-state index in [0.29, 0.717) is 0 Å². The minimum absolute atomic E-state index is 0.0831. The Kier molecular flexibility index (Phi) is 6.44. The van der Waals surface area contributed by atoms with Gasteiger partial charge in [-0.1, -0.05) is 0 Å². The van der Waals surface area contributed by atoms with Crippen LogP contribution in [0.4, 0.5) is 4.79 Å². The van der Waals surface area contributed by atoms with Gasteiger partial charge in [0.05, 0.1) is 0 Å². The van der Waals surface area contributed by atoms with Crippen molar-refractivity contribution in [3.05, 3.63) is 0 Å². The number of amides is 4. The molecule has 1 fully saturated rings. The summed E-state index contributed by atoms with van der Waals surface area (Å²) in [5, 5.41) is 16.3. The van der Waals surface area contributed by atoms with Gasteiger partial charge in [0.25, 0.3) is 0 Å². The molecule has 0 radical (unpaired) electrons. The van der Waals surface area contributed by atoms with E-state index >= 15 is 0 Å². The zero-order valence-electron chi connectivity index (χ0n) is 11.6. The maximum absolute atomic E-state index is 11.5. The van der Waals surface area contributed by atoms with Crippen LogP contribution in [0.15, 0.2) is 0 Å². The van der Waals surface area contributed by atoms with Crippen LogP contribution in [0.25, 0.3) is 0 Å². The van der Waals surface area contributed by atoms with E-state index in [9.17, 15) is 19.2 Å². The van der Waals surface area contributed by atoms with Crippen molar-refractivity contribution in [1.82, 2.24) is 16.0 Å². The molecule has 0 spiro atoms. The van der Waals surface area contributed by atoms with Crippen LogP contribution >= 0.6 is 0 Å². The number of rotatable bonds is 9. The van der Waals surface area contributed by atoms with Crippen molar-refractivity contribution in [2.75, 3.05) is 6.54 Å². The van der Waals surface area contributed by atoms with Gasteiger partial charge in [-0.05, 0) is 19.3 Å². The van der Waals surface area contributed by atoms with Crippen molar-refractivity contribution in [3.8, 4) is 0 Å². The first kappa shape index (κ1) is 16.7. The van der Waals surface area contributed by atoms with E-state index in [4.69, 9.17) is 10.8 Å². The molecule has 1 unspecified atom stereocenters. The first-order valence-corrected chi connectivity index (χ1v) is 6.73. The molecule has 6 N–H and O–H groups in total. The molecule has 0 aliphatic heterocycles. The average Bonchev–Trinajstić information content (AvgIpc) is 3.17. The van der Waals surface area contributed by atoms with Crippen LogP contribution in [-0.2, 0) is 14.4 Å². The molecule has 1 aliphatic carbocycles. The number of aliphatic carboxylic acids is 1. The van der Waals surface area contributed by atoms with Crippen LogP contribution in [0.5, 0.6) is 0 Å². The number of carboxylic acid groups (broad SMARTS) is 1. The maximum atomic E-state index is 11.5. The molecule has 1 rings (SSSR count). The highest BCUT2D eigenvalue weighted by Crippen LogP contribution is 2.18. The third kappa shape index (κ3) is 7.75. The smallest absolute Gasteiger partial charge is 0.326 e. The van der Waals surface area contributed by atoms with E-state index in [1.807, 2.05) is 0 Å². The van der Waals surface area contributed by atoms with E-state index in [2.05, 4.69) is 16.0 Å². The summed E-state index contributed by atoms with van der Waals surface area (Å²) < 4.78 is 0. The largest absolute Gasteiger partial charge is 0.480 e. The van der Waals surface area contributed by atoms with E-state index in [-0.39, 0.29) is 37.8 Å². The summed E-state index contributed by atoms with van der Waals surface area (Å²) in [5.41, 5.74) is 4.93. The second-order valence-corrected chi connectivity index (χ2v) is 4.89. The molecule has 0 heterocycles. The number of carbonyl (C=O) groups excluding carboxylic acids is 3. The number of hydrogen-bond acceptors (Lipinski definition) is 4. The first-order chi connectivity index (χ1) is 9.88. The monoisotopic (exact) mass is 300 g/mol. The number of carbonyl (C=O) groups is 4. The third-order valence-electron chi connectivity index (χ3n) is 2.86. The molecule has 1 aliphatic rings. The van der Waals surface area contributed by atoms with Gasteiger partial charge in [0.1, 0.15) is 6.04 Å². The molecule has 1 saturated carbocycles. The standard InChI is InChI=1S/C12H20N4O5/c13-9(17)4-3-8(11(19)20)16-12(21)14-6-5-10(18)15-7-1-2-7/h7-8H,1-6H2,(H2,13,17)(H,15,18)(H,19,20)(H2,14,16,21). The third-order valence-corrected chi connectivity index (χ3v) is 2.86. The Morgan fingerprint density at radius 2 is 1.86 bits per heavy atom. The molecule has 0 aromatic carbocycles. The lowest BCUT2D eigenvalue weighted by Gasteiger charge is -2.14. The molecule has 4 amide bonds. The average molecular weight is 300 g/mol. The molecular weight excluding hydrogens is 280 g/mol. The zero-order valence-corrected chi connectivity index (χ0v) is 11.6. The summed E-state index contributed by atoms with van der Waals surface area (Å²) in [4.78, 5) is 44.3. The van der Waals surface area contributed by atoms with Crippen molar-refractivity contribution in [3.63, 3.8) is 0 Å². The van der Waals surface area contributed by atoms with Crippen LogP contribution in [0.2, 0.25) is 0 Å². The number of primary amides is 1. The number of carboxylic acids is 1. The van der Waals surface area contributed by atoms with E-state index < -0.39 is 23.9 Å². The Balaban J connectivity index is 2.20. The second kappa shape index (κ2) is 8.08. The highest BCUT2D eigenvalue weighted by molar-refractivity contribution is 5.84. The normalized spacial score (nSPS) is 14.9. The van der Waals surface area contributed by atoms with Crippen molar-refractivity contribution in [2.24, 2.45) is 5.73 Å². The van der Waals surface area contributed by atoms with Crippen molar-refractivity contribution < 1.29 is 24.3 Å². The summed E-state index contributed by atoms with van der Waals surface area (Å²) >= 11 is 0. The molecule has 9 heteroatoms. The molecule has 0 aromatic heterocycles. The summed E-state index contributed by atoms with van der Waals surface area (Å²) in [6, 6.07) is -1.64. The molecule has 0 aromatic rings. The van der Waals surface area contributed by atoms with Gasteiger partial charge in [-0.15, -0.1) is 0 Å². The van der Waals surface area contributed by atoms with Gasteiger partial charge in [0.15, 0.2) is 0 Å². The Morgan fingerprint density at radius 1 is 1.19 bits per heavy atom. The Morgan fingerprint density at radius 3 is 2.38 bits per heavy atom. The number of nitrogens with one attached hydrogen (secondary N) is 3. The summed E-state index contributed by atoms with van der Waals surface area (Å²) in [6.45, 7) is 0.104. The molecule has 0 saturated heterocycles. The molecule has 1 atom stereocenters. The van der Waals surface area contributed by atoms with Gasteiger partial charge in [-0.25, -0.2) is 9.59 Å². The van der Waals surface area contributed by atoms with Crippen LogP contribution in [-0.4, -0.2) is 47.5 Å². The van der Waals surface area contributed by atoms with E-state index in [1.165, 1.54) is 0 Å². The molecule has 21 heavy (non-hydrogen) atoms. The number of nitrogens with two attached hydrogens (primary N) is 1. The van der Waals surface area contributed by atoms with Crippen LogP contribution < -0.4 is 21.7 Å². The van der Waals surface area contributed by atoms with Crippen molar-refractivity contribution in [2.45, 2.75) is 44.2 Å². The predicted octanol–water partition coefficient (Wildman–Crippen LogP) is -1.33. The van der Waals surface area contributed by atoms with Gasteiger partial charge in [-0.3, -0.25) is 9.59 Å². The highest BCUT2D eigenvalue weighted by Gasteiger charge is 2.23. The van der Waals surface area contributed by atoms with E-state index in [1.54, 1.807) is 0 Å². The maximum Gasteiger partial charge on any atom is 0.326 e. The molecular formula is C12H20N4O5. The Labute approximate surface area is 121 Å². The number of urea groups is 1. The zero-order chi connectivity index (χ0) is 15.8. The Hall–Kier alpha value is -2.32. The molecule has 0 bridgehead atoms. The van der Waals surface area contributed by atoms with Gasteiger partial charge in [0.2, 0.25) is 11.8 Å². The van der Waals surface area contributed by atoms with Gasteiger partial charge in [0, 0.05) is 25.4 Å². The summed E-state index contributed by atoms with van der Waals surface area (Å²) in [5.74, 6) is -2.04. The fourth-order valence-electron chi connectivity index (χ4n) is 1.57. The van der Waals surface area contributed by atoms with Gasteiger partial charge >= 0.3 is 12.0 Å². The quantitative estimate of drug-likeness (QED) is 0.357. The van der Waals surface area contributed by atoms with Crippen molar-refractivity contribution >= 4 is 23.8 Å². The fraction of sp³-hybridized carbons (Fsp3) is 0.667. The van der Waals surface area contributed by atoms with Crippen LogP contribution in [0, 0.1) is 0 Å². The summed E-state index contributed by atoms with van der Waals surface area (Å²) in [6.07, 6.45) is 1.88.